The highest BCUT2D eigenvalue weighted by molar-refractivity contribution is 7.79. The number of thiocarbonyl (C=S) groups is 1. The Bertz CT molecular complexity index is 580. The number of hydrogen-bond donors (Lipinski definition) is 0. The maximum absolute atomic E-state index is 11.6. The van der Waals surface area contributed by atoms with Crippen molar-refractivity contribution in [1.29, 1.82) is 0 Å². The van der Waals surface area contributed by atoms with Crippen molar-refractivity contribution in [1.82, 2.24) is 0 Å². The number of rotatable bonds is 4. The van der Waals surface area contributed by atoms with Crippen molar-refractivity contribution in [3.05, 3.63) is 0 Å². The van der Waals surface area contributed by atoms with Crippen LogP contribution in [0.2, 0.25) is 0 Å². The van der Waals surface area contributed by atoms with Crippen molar-refractivity contribution in [2.24, 2.45) is 0 Å². The van der Waals surface area contributed by atoms with Crippen molar-refractivity contribution in [3.8, 4) is 0 Å². The van der Waals surface area contributed by atoms with Crippen LogP contribution >= 0.6 is 12.2 Å². The van der Waals surface area contributed by atoms with Crippen LogP contribution in [-0.4, -0.2) is 65.7 Å². The maximum atomic E-state index is 11.6. The molecule has 0 aromatic heterocycles. The highest BCUT2D eigenvalue weighted by Gasteiger charge is 2.62. The molecule has 144 valence electrons. The summed E-state index contributed by atoms with van der Waals surface area (Å²) in [5.41, 5.74) is 0. The standard InChI is InChI=1S/C15H18O10S/c1-5(16)20-9-10(21-6(2)17)12(23-8(4)19)14-13(24-15(26)25-14)11(9)22-7(3)18/h9-14H,1-4H3. The molecular formula is C15H18O10S. The maximum Gasteiger partial charge on any atom is 0.353 e. The molecule has 0 aromatic rings. The zero-order valence-electron chi connectivity index (χ0n) is 14.5. The smallest absolute Gasteiger partial charge is 0.353 e. The molecule has 6 unspecified atom stereocenters. The first-order valence-corrected chi connectivity index (χ1v) is 8.07. The third-order valence-electron chi connectivity index (χ3n) is 3.62. The molecule has 0 radical (unpaired) electrons. The molecule has 1 heterocycles. The predicted molar refractivity (Wildman–Crippen MR) is 84.6 cm³/mol. The van der Waals surface area contributed by atoms with Crippen LogP contribution in [0.5, 0.6) is 0 Å². The van der Waals surface area contributed by atoms with E-state index in [9.17, 15) is 19.2 Å². The second-order valence-corrected chi connectivity index (χ2v) is 6.04. The fourth-order valence-corrected chi connectivity index (χ4v) is 3.17. The van der Waals surface area contributed by atoms with E-state index in [0.29, 0.717) is 0 Å². The highest BCUT2D eigenvalue weighted by atomic mass is 32.1. The fourth-order valence-electron chi connectivity index (χ4n) is 2.94. The van der Waals surface area contributed by atoms with Gasteiger partial charge >= 0.3 is 29.1 Å². The van der Waals surface area contributed by atoms with E-state index in [1.807, 2.05) is 0 Å². The molecule has 2 aliphatic rings. The Morgan fingerprint density at radius 2 is 0.923 bits per heavy atom. The second kappa shape index (κ2) is 7.85. The van der Waals surface area contributed by atoms with Gasteiger partial charge < -0.3 is 28.4 Å². The number of carbonyl (C=O) groups excluding carboxylic acids is 4. The Morgan fingerprint density at radius 1 is 0.654 bits per heavy atom. The van der Waals surface area contributed by atoms with Gasteiger partial charge in [0.2, 0.25) is 0 Å². The number of ether oxygens (including phenoxy) is 6. The minimum absolute atomic E-state index is 0.264. The van der Waals surface area contributed by atoms with Crippen LogP contribution in [0.4, 0.5) is 0 Å². The molecule has 0 N–H and O–H groups in total. The average Bonchev–Trinajstić information content (AvgIpc) is 2.86. The minimum atomic E-state index is -1.30. The molecule has 2 fully saturated rings. The van der Waals surface area contributed by atoms with Gasteiger partial charge in [0.05, 0.1) is 0 Å². The molecule has 1 aliphatic heterocycles. The number of esters is 4. The summed E-state index contributed by atoms with van der Waals surface area (Å²) in [5.74, 6) is -2.85. The van der Waals surface area contributed by atoms with Crippen LogP contribution in [0.15, 0.2) is 0 Å². The fraction of sp³-hybridized carbons (Fsp3) is 0.667. The molecular weight excluding hydrogens is 372 g/mol. The van der Waals surface area contributed by atoms with E-state index in [-0.39, 0.29) is 5.24 Å². The van der Waals surface area contributed by atoms with Crippen molar-refractivity contribution in [3.63, 3.8) is 0 Å². The summed E-state index contributed by atoms with van der Waals surface area (Å²) in [6.45, 7) is 4.54. The van der Waals surface area contributed by atoms with E-state index < -0.39 is 60.5 Å². The summed E-state index contributed by atoms with van der Waals surface area (Å²) in [6, 6.07) is 0. The van der Waals surface area contributed by atoms with Gasteiger partial charge in [0, 0.05) is 39.9 Å². The molecule has 0 bridgehead atoms. The van der Waals surface area contributed by atoms with Gasteiger partial charge in [-0.1, -0.05) is 0 Å². The lowest BCUT2D eigenvalue weighted by Crippen LogP contribution is -2.66. The van der Waals surface area contributed by atoms with Gasteiger partial charge in [-0.2, -0.15) is 0 Å². The van der Waals surface area contributed by atoms with Crippen molar-refractivity contribution in [2.75, 3.05) is 0 Å². The van der Waals surface area contributed by atoms with Crippen molar-refractivity contribution in [2.45, 2.75) is 64.3 Å². The van der Waals surface area contributed by atoms with Crippen LogP contribution in [0.25, 0.3) is 0 Å². The Balaban J connectivity index is 2.49. The topological polar surface area (TPSA) is 124 Å². The summed E-state index contributed by atoms with van der Waals surface area (Å²) in [4.78, 5) is 46.1. The lowest BCUT2D eigenvalue weighted by atomic mass is 9.84. The lowest BCUT2D eigenvalue weighted by Gasteiger charge is -2.43. The third-order valence-corrected chi connectivity index (χ3v) is 3.81. The normalized spacial score (nSPS) is 32.4. The lowest BCUT2D eigenvalue weighted by molar-refractivity contribution is -0.234. The molecule has 0 spiro atoms. The Kier molecular flexibility index (Phi) is 6.01. The zero-order chi connectivity index (χ0) is 19.6. The number of hydrogen-bond acceptors (Lipinski definition) is 11. The van der Waals surface area contributed by atoms with Crippen LogP contribution in [0, 0.1) is 0 Å². The van der Waals surface area contributed by atoms with Crippen LogP contribution in [0.3, 0.4) is 0 Å². The Morgan fingerprint density at radius 3 is 1.19 bits per heavy atom. The second-order valence-electron chi connectivity index (χ2n) is 5.71. The average molecular weight is 390 g/mol. The number of carbonyl (C=O) groups is 4. The number of fused-ring (bicyclic) bond motifs is 1. The van der Waals surface area contributed by atoms with Gasteiger partial charge in [-0.05, 0) is 0 Å². The summed E-state index contributed by atoms with van der Waals surface area (Å²) in [7, 11) is 0. The van der Waals surface area contributed by atoms with Crippen LogP contribution in [-0.2, 0) is 47.6 Å². The molecule has 6 atom stereocenters. The van der Waals surface area contributed by atoms with Gasteiger partial charge in [-0.25, -0.2) is 0 Å². The first kappa shape index (κ1) is 19.9. The van der Waals surface area contributed by atoms with E-state index in [1.165, 1.54) is 0 Å². The summed E-state index contributed by atoms with van der Waals surface area (Å²) in [5, 5.41) is -0.264. The molecule has 2 rings (SSSR count). The van der Waals surface area contributed by atoms with Crippen molar-refractivity contribution < 1.29 is 47.6 Å². The van der Waals surface area contributed by atoms with E-state index in [4.69, 9.17) is 40.6 Å². The summed E-state index contributed by atoms with van der Waals surface area (Å²) in [6.07, 6.45) is -7.03. The quantitative estimate of drug-likeness (QED) is 0.360. The monoisotopic (exact) mass is 390 g/mol. The van der Waals surface area contributed by atoms with Gasteiger partial charge in [0.25, 0.3) is 0 Å². The highest BCUT2D eigenvalue weighted by Crippen LogP contribution is 2.37. The van der Waals surface area contributed by atoms with Gasteiger partial charge in [0.1, 0.15) is 0 Å². The zero-order valence-corrected chi connectivity index (χ0v) is 15.3. The predicted octanol–water partition coefficient (Wildman–Crippen LogP) is -0.204. The van der Waals surface area contributed by atoms with Gasteiger partial charge in [-0.3, -0.25) is 19.2 Å². The molecule has 0 aromatic carbocycles. The molecule has 10 nitrogen and oxygen atoms in total. The van der Waals surface area contributed by atoms with Crippen molar-refractivity contribution >= 4 is 41.3 Å². The van der Waals surface area contributed by atoms with E-state index in [1.54, 1.807) is 0 Å². The largest absolute Gasteiger partial charge is 0.454 e. The summed E-state index contributed by atoms with van der Waals surface area (Å²) >= 11 is 4.88. The minimum Gasteiger partial charge on any atom is -0.454 e. The first-order chi connectivity index (χ1) is 12.1. The molecule has 1 saturated carbocycles. The van der Waals surface area contributed by atoms with E-state index >= 15 is 0 Å². The first-order valence-electron chi connectivity index (χ1n) is 7.66. The summed E-state index contributed by atoms with van der Waals surface area (Å²) < 4.78 is 31.6. The van der Waals surface area contributed by atoms with E-state index in [2.05, 4.69) is 0 Å². The van der Waals surface area contributed by atoms with Gasteiger partial charge in [0.15, 0.2) is 36.6 Å². The SMILES string of the molecule is CC(=O)OC1C(OC(C)=O)C(OC(C)=O)C2OC(=S)OC2C1OC(C)=O. The van der Waals surface area contributed by atoms with Gasteiger partial charge in [-0.15, -0.1) is 0 Å². The van der Waals surface area contributed by atoms with Crippen LogP contribution < -0.4 is 0 Å². The Labute approximate surface area is 154 Å². The Hall–Kier alpha value is -2.43. The van der Waals surface area contributed by atoms with Crippen LogP contribution in [0.1, 0.15) is 27.7 Å². The van der Waals surface area contributed by atoms with E-state index in [0.717, 1.165) is 27.7 Å². The molecule has 11 heteroatoms. The molecule has 0 amide bonds. The molecule has 1 saturated heterocycles. The third kappa shape index (κ3) is 4.40. The molecule has 1 aliphatic carbocycles. The molecule has 26 heavy (non-hydrogen) atoms.